The summed E-state index contributed by atoms with van der Waals surface area (Å²) in [6.45, 7) is 0. The standard InChI is InChI=1S/C13H12O3/c14-12-6-5-11(8-12)10-3-1-9(2-4-10)7-13(15)16/h1-4,8H,5-7H2,(H,15,16). The number of hydrogen-bond donors (Lipinski definition) is 1. The van der Waals surface area contributed by atoms with Crippen LogP contribution in [0, 0.1) is 0 Å². The van der Waals surface area contributed by atoms with E-state index in [9.17, 15) is 9.59 Å². The largest absolute Gasteiger partial charge is 0.481 e. The van der Waals surface area contributed by atoms with Crippen LogP contribution in [0.1, 0.15) is 24.0 Å². The Kier molecular flexibility index (Phi) is 2.86. The van der Waals surface area contributed by atoms with Crippen LogP contribution in [0.3, 0.4) is 0 Å². The Morgan fingerprint density at radius 2 is 1.88 bits per heavy atom. The minimum Gasteiger partial charge on any atom is -0.481 e. The molecule has 1 aromatic carbocycles. The van der Waals surface area contributed by atoms with Crippen molar-refractivity contribution < 1.29 is 14.7 Å². The number of carboxylic acid groups (broad SMARTS) is 1. The van der Waals surface area contributed by atoms with E-state index in [2.05, 4.69) is 0 Å². The fourth-order valence-electron chi connectivity index (χ4n) is 1.84. The van der Waals surface area contributed by atoms with Gasteiger partial charge >= 0.3 is 5.97 Å². The van der Waals surface area contributed by atoms with Gasteiger partial charge in [-0.15, -0.1) is 0 Å². The number of rotatable bonds is 3. The molecule has 16 heavy (non-hydrogen) atoms. The van der Waals surface area contributed by atoms with E-state index in [0.29, 0.717) is 6.42 Å². The molecule has 0 fully saturated rings. The maximum Gasteiger partial charge on any atom is 0.307 e. The summed E-state index contributed by atoms with van der Waals surface area (Å²) >= 11 is 0. The molecule has 0 aliphatic heterocycles. The maximum absolute atomic E-state index is 11.1. The molecule has 0 spiro atoms. The minimum atomic E-state index is -0.831. The lowest BCUT2D eigenvalue weighted by Crippen LogP contribution is -1.99. The second-order valence-corrected chi connectivity index (χ2v) is 3.90. The molecule has 82 valence electrons. The van der Waals surface area contributed by atoms with Crippen LogP contribution < -0.4 is 0 Å². The fourth-order valence-corrected chi connectivity index (χ4v) is 1.84. The highest BCUT2D eigenvalue weighted by Gasteiger charge is 2.13. The average Bonchev–Trinajstić information content (AvgIpc) is 2.65. The molecule has 2 rings (SSSR count). The highest BCUT2D eigenvalue weighted by atomic mass is 16.4. The third-order valence-corrected chi connectivity index (χ3v) is 2.66. The van der Waals surface area contributed by atoms with Gasteiger partial charge in [-0.1, -0.05) is 24.3 Å². The van der Waals surface area contributed by atoms with Crippen LogP contribution in [0.2, 0.25) is 0 Å². The maximum atomic E-state index is 11.1. The van der Waals surface area contributed by atoms with Crippen LogP contribution in [0.25, 0.3) is 5.57 Å². The predicted molar refractivity (Wildman–Crippen MR) is 60.0 cm³/mol. The summed E-state index contributed by atoms with van der Waals surface area (Å²) in [5, 5.41) is 8.63. The lowest BCUT2D eigenvalue weighted by Gasteiger charge is -2.02. The number of ketones is 1. The zero-order valence-electron chi connectivity index (χ0n) is 8.77. The molecule has 1 aliphatic rings. The molecule has 0 unspecified atom stereocenters. The highest BCUT2D eigenvalue weighted by Crippen LogP contribution is 2.25. The van der Waals surface area contributed by atoms with Crippen molar-refractivity contribution in [1.29, 1.82) is 0 Å². The van der Waals surface area contributed by atoms with E-state index < -0.39 is 5.97 Å². The second-order valence-electron chi connectivity index (χ2n) is 3.90. The van der Waals surface area contributed by atoms with Gasteiger partial charge in [0.2, 0.25) is 0 Å². The molecule has 3 nitrogen and oxygen atoms in total. The molecule has 0 atom stereocenters. The van der Waals surface area contributed by atoms with Gasteiger partial charge in [-0.25, -0.2) is 0 Å². The molecule has 1 N–H and O–H groups in total. The van der Waals surface area contributed by atoms with Crippen molar-refractivity contribution >= 4 is 17.3 Å². The normalized spacial score (nSPS) is 15.0. The van der Waals surface area contributed by atoms with Crippen molar-refractivity contribution in [3.63, 3.8) is 0 Å². The highest BCUT2D eigenvalue weighted by molar-refractivity contribution is 6.01. The van der Waals surface area contributed by atoms with E-state index in [4.69, 9.17) is 5.11 Å². The van der Waals surface area contributed by atoms with E-state index in [0.717, 1.165) is 23.1 Å². The smallest absolute Gasteiger partial charge is 0.307 e. The molecule has 0 bridgehead atoms. The first-order chi connectivity index (χ1) is 7.65. The fraction of sp³-hybridized carbons (Fsp3) is 0.231. The number of allylic oxidation sites excluding steroid dienone is 2. The van der Waals surface area contributed by atoms with Gasteiger partial charge in [0.25, 0.3) is 0 Å². The molecule has 0 radical (unpaired) electrons. The third kappa shape index (κ3) is 2.37. The summed E-state index contributed by atoms with van der Waals surface area (Å²) in [6.07, 6.45) is 3.09. The number of carboxylic acids is 1. The molecule has 0 saturated carbocycles. The second kappa shape index (κ2) is 4.31. The van der Waals surface area contributed by atoms with Gasteiger partial charge in [0.1, 0.15) is 0 Å². The van der Waals surface area contributed by atoms with E-state index in [1.54, 1.807) is 18.2 Å². The van der Waals surface area contributed by atoms with E-state index >= 15 is 0 Å². The van der Waals surface area contributed by atoms with Gasteiger partial charge in [0.05, 0.1) is 6.42 Å². The lowest BCUT2D eigenvalue weighted by atomic mass is 10.0. The molecule has 3 heteroatoms. The summed E-state index contributed by atoms with van der Waals surface area (Å²) in [5.41, 5.74) is 2.84. The Morgan fingerprint density at radius 1 is 1.19 bits per heavy atom. The topological polar surface area (TPSA) is 54.4 Å². The first-order valence-electron chi connectivity index (χ1n) is 5.19. The number of aliphatic carboxylic acids is 1. The Bertz CT molecular complexity index is 455. The number of hydrogen-bond acceptors (Lipinski definition) is 2. The number of carbonyl (C=O) groups excluding carboxylic acids is 1. The van der Waals surface area contributed by atoms with Crippen molar-refractivity contribution in [1.82, 2.24) is 0 Å². The van der Waals surface area contributed by atoms with Crippen molar-refractivity contribution in [2.75, 3.05) is 0 Å². The summed E-state index contributed by atoms with van der Waals surface area (Å²) < 4.78 is 0. The zero-order valence-corrected chi connectivity index (χ0v) is 8.77. The zero-order chi connectivity index (χ0) is 11.5. The molecule has 0 heterocycles. The van der Waals surface area contributed by atoms with E-state index in [1.165, 1.54) is 0 Å². The molecule has 0 saturated heterocycles. The number of carbonyl (C=O) groups is 2. The van der Waals surface area contributed by atoms with Crippen molar-refractivity contribution in [2.45, 2.75) is 19.3 Å². The van der Waals surface area contributed by atoms with Crippen LogP contribution in [0.5, 0.6) is 0 Å². The third-order valence-electron chi connectivity index (χ3n) is 2.66. The van der Waals surface area contributed by atoms with Crippen molar-refractivity contribution in [3.05, 3.63) is 41.5 Å². The average molecular weight is 216 g/mol. The van der Waals surface area contributed by atoms with Crippen LogP contribution >= 0.6 is 0 Å². The van der Waals surface area contributed by atoms with Crippen LogP contribution in [0.4, 0.5) is 0 Å². The monoisotopic (exact) mass is 216 g/mol. The van der Waals surface area contributed by atoms with Gasteiger partial charge in [0.15, 0.2) is 5.78 Å². The van der Waals surface area contributed by atoms with Crippen LogP contribution in [0.15, 0.2) is 30.3 Å². The Balaban J connectivity index is 2.16. The Labute approximate surface area is 93.4 Å². The number of benzene rings is 1. The molecule has 1 aliphatic carbocycles. The summed E-state index contributed by atoms with van der Waals surface area (Å²) in [7, 11) is 0. The lowest BCUT2D eigenvalue weighted by molar-refractivity contribution is -0.136. The minimum absolute atomic E-state index is 0.0399. The van der Waals surface area contributed by atoms with Crippen molar-refractivity contribution in [3.8, 4) is 0 Å². The van der Waals surface area contributed by atoms with Gasteiger partial charge in [-0.2, -0.15) is 0 Å². The van der Waals surface area contributed by atoms with Crippen LogP contribution in [-0.2, 0) is 16.0 Å². The molecular weight excluding hydrogens is 204 g/mol. The Morgan fingerprint density at radius 3 is 2.38 bits per heavy atom. The molecule has 0 aromatic heterocycles. The van der Waals surface area contributed by atoms with Gasteiger partial charge < -0.3 is 5.11 Å². The Hall–Kier alpha value is -1.90. The van der Waals surface area contributed by atoms with E-state index in [-0.39, 0.29) is 12.2 Å². The molecule has 0 amide bonds. The summed E-state index contributed by atoms with van der Waals surface area (Å²) in [5.74, 6) is -0.660. The van der Waals surface area contributed by atoms with Crippen molar-refractivity contribution in [2.24, 2.45) is 0 Å². The quantitative estimate of drug-likeness (QED) is 0.841. The molecular formula is C13H12O3. The van der Waals surface area contributed by atoms with Gasteiger partial charge in [-0.3, -0.25) is 9.59 Å². The van der Waals surface area contributed by atoms with Gasteiger partial charge in [0, 0.05) is 6.42 Å². The summed E-state index contributed by atoms with van der Waals surface area (Å²) in [6, 6.07) is 7.35. The van der Waals surface area contributed by atoms with Crippen LogP contribution in [-0.4, -0.2) is 16.9 Å². The predicted octanol–water partition coefficient (Wildman–Crippen LogP) is 2.06. The first kappa shape index (κ1) is 10.6. The van der Waals surface area contributed by atoms with Gasteiger partial charge in [-0.05, 0) is 29.2 Å². The SMILES string of the molecule is O=C(O)Cc1ccc(C2=CC(=O)CC2)cc1. The first-order valence-corrected chi connectivity index (χ1v) is 5.19. The van der Waals surface area contributed by atoms with E-state index in [1.807, 2.05) is 12.1 Å². The summed E-state index contributed by atoms with van der Waals surface area (Å²) in [4.78, 5) is 21.6. The molecule has 1 aromatic rings.